The fraction of sp³-hybridized carbons (Fsp3) is 0.455. The van der Waals surface area contributed by atoms with E-state index in [0.717, 1.165) is 25.0 Å². The van der Waals surface area contributed by atoms with Gasteiger partial charge in [-0.3, -0.25) is 4.79 Å². The number of carbonyl (C=O) groups is 1. The van der Waals surface area contributed by atoms with E-state index < -0.39 is 5.97 Å². The number of hydrogen-bond donors (Lipinski definition) is 1. The van der Waals surface area contributed by atoms with Crippen molar-refractivity contribution in [3.05, 3.63) is 33.7 Å². The Morgan fingerprint density at radius 2 is 2.20 bits per heavy atom. The van der Waals surface area contributed by atoms with E-state index in [1.165, 1.54) is 6.07 Å². The van der Waals surface area contributed by atoms with Crippen molar-refractivity contribution in [2.45, 2.75) is 32.3 Å². The molecule has 1 aliphatic rings. The highest BCUT2D eigenvalue weighted by Gasteiger charge is 2.23. The fourth-order valence-electron chi connectivity index (χ4n) is 1.44. The van der Waals surface area contributed by atoms with Crippen LogP contribution in [0.3, 0.4) is 0 Å². The van der Waals surface area contributed by atoms with Crippen LogP contribution in [0.25, 0.3) is 0 Å². The van der Waals surface area contributed by atoms with Crippen LogP contribution in [-0.2, 0) is 4.74 Å². The Kier molecular flexibility index (Phi) is 2.58. The molecule has 1 heterocycles. The minimum atomic E-state index is -0.513. The fourth-order valence-corrected chi connectivity index (χ4v) is 1.44. The maximum atomic E-state index is 11.5. The quantitative estimate of drug-likeness (QED) is 0.745. The number of nitrogens with one attached hydrogen (secondary N) is 1. The standard InChI is InChI=1S/C11H13NO3/c1-7-5-6-9(10(13)12-7)11(14)15-8-3-2-4-8/h5-6,8H,2-4H2,1H3,(H,12,13). The zero-order chi connectivity index (χ0) is 10.8. The number of aryl methyl sites for hydroxylation is 1. The third-order valence-electron chi connectivity index (χ3n) is 2.60. The van der Waals surface area contributed by atoms with E-state index in [9.17, 15) is 9.59 Å². The summed E-state index contributed by atoms with van der Waals surface area (Å²) in [5, 5.41) is 0. The van der Waals surface area contributed by atoms with Crippen LogP contribution in [-0.4, -0.2) is 17.1 Å². The van der Waals surface area contributed by atoms with Gasteiger partial charge in [0.1, 0.15) is 11.7 Å². The number of rotatable bonds is 2. The Labute approximate surface area is 87.3 Å². The lowest BCUT2D eigenvalue weighted by atomic mass is 9.96. The van der Waals surface area contributed by atoms with Gasteiger partial charge in [-0.1, -0.05) is 0 Å². The molecule has 0 saturated heterocycles. The second-order valence-electron chi connectivity index (χ2n) is 3.84. The number of carbonyl (C=O) groups excluding carboxylic acids is 1. The van der Waals surface area contributed by atoms with Crippen LogP contribution in [0.5, 0.6) is 0 Å². The lowest BCUT2D eigenvalue weighted by Gasteiger charge is -2.24. The van der Waals surface area contributed by atoms with Gasteiger partial charge in [-0.15, -0.1) is 0 Å². The van der Waals surface area contributed by atoms with Gasteiger partial charge in [0.2, 0.25) is 0 Å². The van der Waals surface area contributed by atoms with E-state index in [2.05, 4.69) is 4.98 Å². The van der Waals surface area contributed by atoms with Crippen molar-refractivity contribution in [1.29, 1.82) is 0 Å². The largest absolute Gasteiger partial charge is 0.459 e. The SMILES string of the molecule is Cc1ccc(C(=O)OC2CCC2)c(=O)[nH]1. The number of aromatic amines is 1. The average molecular weight is 207 g/mol. The zero-order valence-corrected chi connectivity index (χ0v) is 8.58. The summed E-state index contributed by atoms with van der Waals surface area (Å²) in [5.41, 5.74) is 0.451. The van der Waals surface area contributed by atoms with Gasteiger partial charge in [0.25, 0.3) is 5.56 Å². The summed E-state index contributed by atoms with van der Waals surface area (Å²) in [5.74, 6) is -0.513. The van der Waals surface area contributed by atoms with E-state index in [0.29, 0.717) is 0 Å². The van der Waals surface area contributed by atoms with Crippen molar-refractivity contribution >= 4 is 5.97 Å². The second kappa shape index (κ2) is 3.88. The summed E-state index contributed by atoms with van der Waals surface area (Å²) in [7, 11) is 0. The van der Waals surface area contributed by atoms with Crippen LogP contribution in [0.2, 0.25) is 0 Å². The number of esters is 1. The molecule has 1 aliphatic carbocycles. The Hall–Kier alpha value is -1.58. The summed E-state index contributed by atoms with van der Waals surface area (Å²) in [6, 6.07) is 3.20. The molecule has 15 heavy (non-hydrogen) atoms. The van der Waals surface area contributed by atoms with Gasteiger partial charge in [-0.25, -0.2) is 4.79 Å². The molecule has 0 aliphatic heterocycles. The number of aromatic nitrogens is 1. The van der Waals surface area contributed by atoms with Crippen molar-refractivity contribution < 1.29 is 9.53 Å². The molecule has 1 N–H and O–H groups in total. The first-order valence-corrected chi connectivity index (χ1v) is 5.08. The predicted octanol–water partition coefficient (Wildman–Crippen LogP) is 1.39. The zero-order valence-electron chi connectivity index (χ0n) is 8.58. The van der Waals surface area contributed by atoms with Gasteiger partial charge in [0.15, 0.2) is 0 Å². The molecule has 0 aromatic carbocycles. The molecule has 4 heteroatoms. The maximum absolute atomic E-state index is 11.5. The Morgan fingerprint density at radius 3 is 2.73 bits per heavy atom. The minimum absolute atomic E-state index is 0.0122. The van der Waals surface area contributed by atoms with Crippen molar-refractivity contribution in [1.82, 2.24) is 4.98 Å². The van der Waals surface area contributed by atoms with Gasteiger partial charge in [0.05, 0.1) is 0 Å². The highest BCUT2D eigenvalue weighted by molar-refractivity contribution is 5.89. The molecule has 80 valence electrons. The highest BCUT2D eigenvalue weighted by Crippen LogP contribution is 2.22. The van der Waals surface area contributed by atoms with Gasteiger partial charge < -0.3 is 9.72 Å². The van der Waals surface area contributed by atoms with Crippen LogP contribution in [0.15, 0.2) is 16.9 Å². The first-order valence-electron chi connectivity index (χ1n) is 5.08. The van der Waals surface area contributed by atoms with E-state index in [1.54, 1.807) is 13.0 Å². The number of H-pyrrole nitrogens is 1. The molecular formula is C11H13NO3. The van der Waals surface area contributed by atoms with Crippen molar-refractivity contribution in [2.75, 3.05) is 0 Å². The van der Waals surface area contributed by atoms with E-state index in [1.807, 2.05) is 0 Å². The monoisotopic (exact) mass is 207 g/mol. The third-order valence-corrected chi connectivity index (χ3v) is 2.60. The average Bonchev–Trinajstić information content (AvgIpc) is 2.11. The number of hydrogen-bond acceptors (Lipinski definition) is 3. The van der Waals surface area contributed by atoms with Crippen LogP contribution < -0.4 is 5.56 Å². The van der Waals surface area contributed by atoms with Gasteiger partial charge in [-0.2, -0.15) is 0 Å². The molecule has 1 fully saturated rings. The molecule has 0 radical (unpaired) electrons. The predicted molar refractivity (Wildman–Crippen MR) is 54.9 cm³/mol. The molecule has 1 aromatic heterocycles. The highest BCUT2D eigenvalue weighted by atomic mass is 16.5. The molecular weight excluding hydrogens is 194 g/mol. The maximum Gasteiger partial charge on any atom is 0.344 e. The molecule has 0 amide bonds. The molecule has 2 rings (SSSR count). The van der Waals surface area contributed by atoms with Crippen LogP contribution in [0, 0.1) is 6.92 Å². The molecule has 0 spiro atoms. The summed E-state index contributed by atoms with van der Waals surface area (Å²) >= 11 is 0. The van der Waals surface area contributed by atoms with E-state index in [-0.39, 0.29) is 17.2 Å². The summed E-state index contributed by atoms with van der Waals surface area (Å²) in [4.78, 5) is 25.5. The molecule has 1 aromatic rings. The van der Waals surface area contributed by atoms with Gasteiger partial charge >= 0.3 is 5.97 Å². The van der Waals surface area contributed by atoms with Gasteiger partial charge in [-0.05, 0) is 38.3 Å². The van der Waals surface area contributed by atoms with Crippen LogP contribution >= 0.6 is 0 Å². The Balaban J connectivity index is 2.14. The lowest BCUT2D eigenvalue weighted by molar-refractivity contribution is 0.00881. The first-order chi connectivity index (χ1) is 7.16. The summed E-state index contributed by atoms with van der Waals surface area (Å²) in [6.07, 6.45) is 2.94. The Morgan fingerprint density at radius 1 is 1.47 bits per heavy atom. The van der Waals surface area contributed by atoms with E-state index >= 15 is 0 Å². The second-order valence-corrected chi connectivity index (χ2v) is 3.84. The minimum Gasteiger partial charge on any atom is -0.459 e. The van der Waals surface area contributed by atoms with Gasteiger partial charge in [0, 0.05) is 5.69 Å². The van der Waals surface area contributed by atoms with Crippen LogP contribution in [0.4, 0.5) is 0 Å². The topological polar surface area (TPSA) is 59.2 Å². The van der Waals surface area contributed by atoms with Crippen molar-refractivity contribution in [3.8, 4) is 0 Å². The summed E-state index contributed by atoms with van der Waals surface area (Å²) in [6.45, 7) is 1.77. The van der Waals surface area contributed by atoms with E-state index in [4.69, 9.17) is 4.74 Å². The number of pyridine rings is 1. The lowest BCUT2D eigenvalue weighted by Crippen LogP contribution is -2.28. The molecule has 1 saturated carbocycles. The molecule has 0 unspecified atom stereocenters. The Bertz CT molecular complexity index is 432. The van der Waals surface area contributed by atoms with Crippen molar-refractivity contribution in [2.24, 2.45) is 0 Å². The smallest absolute Gasteiger partial charge is 0.344 e. The van der Waals surface area contributed by atoms with Crippen LogP contribution in [0.1, 0.15) is 35.3 Å². The summed E-state index contributed by atoms with van der Waals surface area (Å²) < 4.78 is 5.13. The first kappa shape index (κ1) is 9.96. The molecule has 0 atom stereocenters. The molecule has 0 bridgehead atoms. The third kappa shape index (κ3) is 2.09. The molecule has 4 nitrogen and oxygen atoms in total. The normalized spacial score (nSPS) is 15.8. The van der Waals surface area contributed by atoms with Crippen molar-refractivity contribution in [3.63, 3.8) is 0 Å². The number of ether oxygens (including phenoxy) is 1.